The van der Waals surface area contributed by atoms with Gasteiger partial charge in [0.2, 0.25) is 5.91 Å². The molecule has 0 saturated heterocycles. The fourth-order valence-electron chi connectivity index (χ4n) is 2.80. The van der Waals surface area contributed by atoms with E-state index in [0.717, 1.165) is 27.9 Å². The minimum Gasteiger partial charge on any atom is -0.397 e. The molecule has 3 aromatic rings. The van der Waals surface area contributed by atoms with Gasteiger partial charge in [-0.3, -0.25) is 14.5 Å². The van der Waals surface area contributed by atoms with E-state index >= 15 is 0 Å². The highest BCUT2D eigenvalue weighted by atomic mass is 16.1. The van der Waals surface area contributed by atoms with E-state index in [2.05, 4.69) is 15.4 Å². The minimum atomic E-state index is -0.0704. The topological polar surface area (TPSA) is 85.8 Å². The fourth-order valence-corrected chi connectivity index (χ4v) is 2.80. The molecule has 0 bridgehead atoms. The lowest BCUT2D eigenvalue weighted by Gasteiger charge is -2.07. The zero-order valence-electron chi connectivity index (χ0n) is 14.1. The van der Waals surface area contributed by atoms with E-state index in [1.54, 1.807) is 0 Å². The highest BCUT2D eigenvalue weighted by Gasteiger charge is 2.11. The molecule has 0 unspecified atom stereocenters. The van der Waals surface area contributed by atoms with Gasteiger partial charge in [0, 0.05) is 30.2 Å². The number of carbonyl (C=O) groups excluding carboxylic acids is 1. The molecule has 0 atom stereocenters. The molecule has 0 aliphatic rings. The number of anilines is 1. The number of fused-ring (bicyclic) bond motifs is 1. The molecule has 3 N–H and O–H groups in total. The number of hydrogen-bond acceptors (Lipinski definition) is 4. The molecule has 0 aliphatic heterocycles. The Morgan fingerprint density at radius 3 is 2.75 bits per heavy atom. The Morgan fingerprint density at radius 2 is 2.04 bits per heavy atom. The van der Waals surface area contributed by atoms with Gasteiger partial charge in [0.05, 0.1) is 29.0 Å². The number of amides is 1. The number of pyridine rings is 1. The molecule has 1 aromatic carbocycles. The third-order valence-corrected chi connectivity index (χ3v) is 4.27. The summed E-state index contributed by atoms with van der Waals surface area (Å²) in [6.07, 6.45) is 0.225. The molecule has 0 radical (unpaired) electrons. The third kappa shape index (κ3) is 3.08. The first-order valence-corrected chi connectivity index (χ1v) is 7.85. The molecule has 124 valence electrons. The average molecular weight is 323 g/mol. The van der Waals surface area contributed by atoms with Crippen LogP contribution in [0.3, 0.4) is 0 Å². The Labute approximate surface area is 140 Å². The number of nitrogens with two attached hydrogens (primary N) is 1. The average Bonchev–Trinajstić information content (AvgIpc) is 2.79. The smallest absolute Gasteiger partial charge is 0.226 e. The lowest BCUT2D eigenvalue weighted by molar-refractivity contribution is -0.120. The van der Waals surface area contributed by atoms with Crippen LogP contribution in [0.5, 0.6) is 0 Å². The molecule has 2 heterocycles. The van der Waals surface area contributed by atoms with Crippen molar-refractivity contribution < 1.29 is 4.79 Å². The molecule has 0 aliphatic carbocycles. The Bertz CT molecular complexity index is 913. The van der Waals surface area contributed by atoms with Crippen molar-refractivity contribution in [2.75, 3.05) is 5.73 Å². The summed E-state index contributed by atoms with van der Waals surface area (Å²) in [5.41, 5.74) is 11.1. The van der Waals surface area contributed by atoms with Crippen LogP contribution in [0.25, 0.3) is 10.9 Å². The number of aromatic nitrogens is 3. The van der Waals surface area contributed by atoms with Crippen molar-refractivity contribution in [3.05, 3.63) is 53.0 Å². The van der Waals surface area contributed by atoms with E-state index in [9.17, 15) is 4.79 Å². The van der Waals surface area contributed by atoms with Crippen molar-refractivity contribution in [3.8, 4) is 0 Å². The van der Waals surface area contributed by atoms with Gasteiger partial charge in [0.15, 0.2) is 0 Å². The Balaban J connectivity index is 1.70. The van der Waals surface area contributed by atoms with Gasteiger partial charge in [-0.15, -0.1) is 0 Å². The first kappa shape index (κ1) is 16.0. The number of nitrogen functional groups attached to an aromatic ring is 1. The number of para-hydroxylation sites is 1. The van der Waals surface area contributed by atoms with Gasteiger partial charge in [-0.25, -0.2) is 0 Å². The highest BCUT2D eigenvalue weighted by molar-refractivity contribution is 5.89. The zero-order valence-corrected chi connectivity index (χ0v) is 14.1. The van der Waals surface area contributed by atoms with Gasteiger partial charge in [-0.05, 0) is 26.0 Å². The first-order valence-electron chi connectivity index (χ1n) is 7.85. The summed E-state index contributed by atoms with van der Waals surface area (Å²) >= 11 is 0. The van der Waals surface area contributed by atoms with E-state index < -0.39 is 0 Å². The molecule has 24 heavy (non-hydrogen) atoms. The number of aryl methyl sites for hydroxylation is 2. The highest BCUT2D eigenvalue weighted by Crippen LogP contribution is 2.19. The molecular formula is C18H21N5O. The normalized spacial score (nSPS) is 11.0. The number of nitrogens with zero attached hydrogens (tertiary/aromatic N) is 3. The molecule has 6 heteroatoms. The number of benzene rings is 1. The van der Waals surface area contributed by atoms with Crippen LogP contribution in [-0.2, 0) is 24.8 Å². The Morgan fingerprint density at radius 1 is 1.25 bits per heavy atom. The Kier molecular flexibility index (Phi) is 4.20. The molecule has 0 spiro atoms. The predicted molar refractivity (Wildman–Crippen MR) is 94.4 cm³/mol. The van der Waals surface area contributed by atoms with E-state index in [-0.39, 0.29) is 12.3 Å². The summed E-state index contributed by atoms with van der Waals surface area (Å²) in [5.74, 6) is -0.0704. The third-order valence-electron chi connectivity index (χ3n) is 4.27. The van der Waals surface area contributed by atoms with E-state index in [0.29, 0.717) is 17.9 Å². The number of nitrogens with one attached hydrogen (secondary N) is 1. The van der Waals surface area contributed by atoms with E-state index in [4.69, 9.17) is 5.73 Å². The minimum absolute atomic E-state index is 0.0704. The number of rotatable bonds is 4. The number of carbonyl (C=O) groups is 1. The van der Waals surface area contributed by atoms with Gasteiger partial charge in [0.1, 0.15) is 0 Å². The van der Waals surface area contributed by atoms with Crippen LogP contribution in [0.2, 0.25) is 0 Å². The summed E-state index contributed by atoms with van der Waals surface area (Å²) in [5, 5.41) is 8.27. The molecule has 3 rings (SSSR count). The molecular weight excluding hydrogens is 302 g/mol. The van der Waals surface area contributed by atoms with E-state index in [1.165, 1.54) is 0 Å². The summed E-state index contributed by atoms with van der Waals surface area (Å²) in [6, 6.07) is 9.46. The van der Waals surface area contributed by atoms with Crippen molar-refractivity contribution in [1.29, 1.82) is 0 Å². The van der Waals surface area contributed by atoms with Crippen LogP contribution >= 0.6 is 0 Å². The van der Waals surface area contributed by atoms with Gasteiger partial charge in [-0.2, -0.15) is 5.10 Å². The van der Waals surface area contributed by atoms with Crippen molar-refractivity contribution in [2.24, 2.45) is 7.05 Å². The lowest BCUT2D eigenvalue weighted by Crippen LogP contribution is -2.25. The molecule has 0 fully saturated rings. The van der Waals surface area contributed by atoms with Gasteiger partial charge in [0.25, 0.3) is 0 Å². The van der Waals surface area contributed by atoms with Crippen LogP contribution < -0.4 is 11.1 Å². The van der Waals surface area contributed by atoms with Crippen LogP contribution in [0.1, 0.15) is 22.6 Å². The van der Waals surface area contributed by atoms with E-state index in [1.807, 2.05) is 55.9 Å². The summed E-state index contributed by atoms with van der Waals surface area (Å²) in [6.45, 7) is 4.41. The van der Waals surface area contributed by atoms with Gasteiger partial charge >= 0.3 is 0 Å². The second-order valence-electron chi connectivity index (χ2n) is 5.95. The maximum atomic E-state index is 12.2. The Hall–Kier alpha value is -2.89. The summed E-state index contributed by atoms with van der Waals surface area (Å²) in [4.78, 5) is 16.7. The number of hydrogen-bond donors (Lipinski definition) is 2. The van der Waals surface area contributed by atoms with Crippen molar-refractivity contribution in [2.45, 2.75) is 26.8 Å². The second-order valence-corrected chi connectivity index (χ2v) is 5.95. The van der Waals surface area contributed by atoms with Gasteiger partial charge in [-0.1, -0.05) is 18.2 Å². The summed E-state index contributed by atoms with van der Waals surface area (Å²) < 4.78 is 1.82. The zero-order chi connectivity index (χ0) is 17.3. The standard InChI is InChI=1S/C18H21N5O/c1-11-15(12(2)23(3)22-11)10-20-17(24)9-14-8-7-13-5-4-6-16(19)18(13)21-14/h4-8H,9-10,19H2,1-3H3,(H,20,24). The maximum Gasteiger partial charge on any atom is 0.226 e. The molecule has 0 saturated carbocycles. The molecule has 1 amide bonds. The largest absolute Gasteiger partial charge is 0.397 e. The van der Waals surface area contributed by atoms with Gasteiger partial charge < -0.3 is 11.1 Å². The predicted octanol–water partition coefficient (Wildman–Crippen LogP) is 2.03. The fraction of sp³-hybridized carbons (Fsp3) is 0.278. The second kappa shape index (κ2) is 6.31. The lowest BCUT2D eigenvalue weighted by atomic mass is 10.1. The van der Waals surface area contributed by atoms with Crippen LogP contribution in [0.15, 0.2) is 30.3 Å². The maximum absolute atomic E-state index is 12.2. The first-order chi connectivity index (χ1) is 11.5. The van der Waals surface area contributed by atoms with Crippen LogP contribution in [-0.4, -0.2) is 20.7 Å². The molecule has 6 nitrogen and oxygen atoms in total. The van der Waals surface area contributed by atoms with Crippen molar-refractivity contribution in [3.63, 3.8) is 0 Å². The monoisotopic (exact) mass is 323 g/mol. The van der Waals surface area contributed by atoms with Crippen LogP contribution in [0.4, 0.5) is 5.69 Å². The SMILES string of the molecule is Cc1nn(C)c(C)c1CNC(=O)Cc1ccc2cccc(N)c2n1. The van der Waals surface area contributed by atoms with Crippen LogP contribution in [0, 0.1) is 13.8 Å². The quantitative estimate of drug-likeness (QED) is 0.719. The summed E-state index contributed by atoms with van der Waals surface area (Å²) in [7, 11) is 1.90. The van der Waals surface area contributed by atoms with Crippen molar-refractivity contribution in [1.82, 2.24) is 20.1 Å². The molecule has 2 aromatic heterocycles. The van der Waals surface area contributed by atoms with Crippen molar-refractivity contribution >= 4 is 22.5 Å².